The van der Waals surface area contributed by atoms with Crippen molar-refractivity contribution in [3.05, 3.63) is 0 Å². The Morgan fingerprint density at radius 2 is 0.438 bits per heavy atom. The Morgan fingerprint density at radius 3 is 0.562 bits per heavy atom. The molecule has 1 saturated heterocycles. The van der Waals surface area contributed by atoms with Gasteiger partial charge in [-0.15, -0.1) is 0 Å². The molecule has 6 heteroatoms. The van der Waals surface area contributed by atoms with Gasteiger partial charge in [0.05, 0.1) is 66.1 Å². The van der Waals surface area contributed by atoms with E-state index >= 15 is 0 Å². The molecule has 92 valence electrons. The van der Waals surface area contributed by atoms with Gasteiger partial charge in [0.2, 0.25) is 0 Å². The van der Waals surface area contributed by atoms with Crippen LogP contribution in [-0.4, -0.2) is 95.6 Å². The van der Waals surface area contributed by atoms with Gasteiger partial charge in [-0.25, -0.2) is 0 Å². The summed E-state index contributed by atoms with van der Waals surface area (Å²) >= 11 is 0. The standard InChI is InChI=1S/C10H20O5.Na.H/c1-2-12-5-6-14-9-10-15-8-7-13-4-3-11-1;;/h1-10H2;;. The molecule has 0 unspecified atom stereocenters. The van der Waals surface area contributed by atoms with Crippen LogP contribution >= 0.6 is 0 Å². The van der Waals surface area contributed by atoms with Crippen LogP contribution in [0.3, 0.4) is 0 Å². The summed E-state index contributed by atoms with van der Waals surface area (Å²) in [4.78, 5) is 0. The Balaban J connectivity index is 0.00000225. The van der Waals surface area contributed by atoms with Crippen molar-refractivity contribution in [2.24, 2.45) is 0 Å². The maximum atomic E-state index is 5.28. The molecule has 1 fully saturated rings. The first-order chi connectivity index (χ1) is 7.50. The van der Waals surface area contributed by atoms with Crippen LogP contribution in [0.25, 0.3) is 0 Å². The van der Waals surface area contributed by atoms with Crippen LogP contribution < -0.4 is 0 Å². The molecular formula is C10H21NaO5. The van der Waals surface area contributed by atoms with Crippen molar-refractivity contribution in [3.63, 3.8) is 0 Å². The number of rotatable bonds is 0. The molecule has 0 radical (unpaired) electrons. The van der Waals surface area contributed by atoms with Gasteiger partial charge in [-0.05, 0) is 0 Å². The second kappa shape index (κ2) is 13.9. The van der Waals surface area contributed by atoms with Crippen molar-refractivity contribution in [1.29, 1.82) is 0 Å². The van der Waals surface area contributed by atoms with Crippen LogP contribution in [0.2, 0.25) is 0 Å². The normalized spacial score (nSPS) is 22.5. The van der Waals surface area contributed by atoms with Crippen LogP contribution in [0.4, 0.5) is 0 Å². The zero-order chi connectivity index (χ0) is 10.6. The molecule has 0 aliphatic carbocycles. The maximum absolute atomic E-state index is 5.28. The fraction of sp³-hybridized carbons (Fsp3) is 1.00. The third-order valence-corrected chi connectivity index (χ3v) is 1.86. The Labute approximate surface area is 119 Å². The SMILES string of the molecule is C1COCCOCCOCCOCCO1.[NaH]. The van der Waals surface area contributed by atoms with E-state index in [9.17, 15) is 0 Å². The summed E-state index contributed by atoms with van der Waals surface area (Å²) in [7, 11) is 0. The number of hydrogen-bond acceptors (Lipinski definition) is 5. The molecule has 0 aromatic carbocycles. The molecule has 0 aromatic rings. The molecule has 0 aromatic heterocycles. The van der Waals surface area contributed by atoms with E-state index in [1.54, 1.807) is 0 Å². The molecular weight excluding hydrogens is 223 g/mol. The first-order valence-electron chi connectivity index (χ1n) is 5.39. The second-order valence-corrected chi connectivity index (χ2v) is 3.06. The van der Waals surface area contributed by atoms with Gasteiger partial charge in [0.15, 0.2) is 0 Å². The first-order valence-corrected chi connectivity index (χ1v) is 5.39. The molecule has 0 amide bonds. The third kappa shape index (κ3) is 11.3. The van der Waals surface area contributed by atoms with E-state index in [2.05, 4.69) is 0 Å². The Bertz CT molecular complexity index is 77.8. The van der Waals surface area contributed by atoms with Gasteiger partial charge in [0, 0.05) is 0 Å². The van der Waals surface area contributed by atoms with Crippen LogP contribution in [0, 0.1) is 0 Å². The van der Waals surface area contributed by atoms with E-state index in [0.717, 1.165) is 0 Å². The van der Waals surface area contributed by atoms with Crippen molar-refractivity contribution >= 4 is 29.6 Å². The quantitative estimate of drug-likeness (QED) is 0.534. The molecule has 1 heterocycles. The molecule has 1 aliphatic rings. The van der Waals surface area contributed by atoms with Crippen LogP contribution in [0.1, 0.15) is 0 Å². The van der Waals surface area contributed by atoms with Gasteiger partial charge in [-0.1, -0.05) is 0 Å². The van der Waals surface area contributed by atoms with Crippen LogP contribution in [0.15, 0.2) is 0 Å². The van der Waals surface area contributed by atoms with E-state index in [1.165, 1.54) is 0 Å². The Kier molecular flexibility index (Phi) is 14.6. The minimum absolute atomic E-state index is 0. The fourth-order valence-corrected chi connectivity index (χ4v) is 1.10. The number of hydrogen-bond donors (Lipinski definition) is 0. The molecule has 0 N–H and O–H groups in total. The first kappa shape index (κ1) is 16.8. The van der Waals surface area contributed by atoms with E-state index in [1.807, 2.05) is 0 Å². The van der Waals surface area contributed by atoms with E-state index in [4.69, 9.17) is 23.7 Å². The average Bonchev–Trinajstić information content (AvgIpc) is 2.27. The summed E-state index contributed by atoms with van der Waals surface area (Å²) in [6.07, 6.45) is 0. The van der Waals surface area contributed by atoms with Crippen molar-refractivity contribution < 1.29 is 23.7 Å². The van der Waals surface area contributed by atoms with Crippen molar-refractivity contribution in [1.82, 2.24) is 0 Å². The zero-order valence-corrected chi connectivity index (χ0v) is 9.11. The zero-order valence-electron chi connectivity index (χ0n) is 9.11. The fourth-order valence-electron chi connectivity index (χ4n) is 1.10. The summed E-state index contributed by atoms with van der Waals surface area (Å²) in [6, 6.07) is 0. The van der Waals surface area contributed by atoms with Gasteiger partial charge in [0.25, 0.3) is 0 Å². The molecule has 1 rings (SSSR count). The van der Waals surface area contributed by atoms with Crippen LogP contribution in [0.5, 0.6) is 0 Å². The Morgan fingerprint density at radius 1 is 0.312 bits per heavy atom. The van der Waals surface area contributed by atoms with Gasteiger partial charge in [-0.3, -0.25) is 0 Å². The summed E-state index contributed by atoms with van der Waals surface area (Å²) in [6.45, 7) is 6.11. The Hall–Kier alpha value is 0.800. The molecule has 0 atom stereocenters. The van der Waals surface area contributed by atoms with Gasteiger partial charge in [0.1, 0.15) is 0 Å². The second-order valence-electron chi connectivity index (χ2n) is 3.06. The summed E-state index contributed by atoms with van der Waals surface area (Å²) in [5.41, 5.74) is 0. The molecule has 16 heavy (non-hydrogen) atoms. The monoisotopic (exact) mass is 244 g/mol. The third-order valence-electron chi connectivity index (χ3n) is 1.86. The van der Waals surface area contributed by atoms with E-state index < -0.39 is 0 Å². The van der Waals surface area contributed by atoms with Gasteiger partial charge in [-0.2, -0.15) is 0 Å². The number of ether oxygens (including phenoxy) is 5. The molecule has 0 spiro atoms. The topological polar surface area (TPSA) is 46.2 Å². The van der Waals surface area contributed by atoms with Gasteiger partial charge < -0.3 is 23.7 Å². The minimum atomic E-state index is 0. The van der Waals surface area contributed by atoms with E-state index in [-0.39, 0.29) is 29.6 Å². The van der Waals surface area contributed by atoms with Crippen LogP contribution in [-0.2, 0) is 23.7 Å². The van der Waals surface area contributed by atoms with Crippen molar-refractivity contribution in [2.45, 2.75) is 0 Å². The average molecular weight is 244 g/mol. The van der Waals surface area contributed by atoms with E-state index in [0.29, 0.717) is 66.1 Å². The van der Waals surface area contributed by atoms with Crippen molar-refractivity contribution in [2.75, 3.05) is 66.1 Å². The summed E-state index contributed by atoms with van der Waals surface area (Å²) in [5.74, 6) is 0. The summed E-state index contributed by atoms with van der Waals surface area (Å²) < 4.78 is 26.4. The molecule has 0 saturated carbocycles. The molecule has 0 bridgehead atoms. The summed E-state index contributed by atoms with van der Waals surface area (Å²) in [5, 5.41) is 0. The molecule has 5 nitrogen and oxygen atoms in total. The predicted molar refractivity (Wildman–Crippen MR) is 61.2 cm³/mol. The van der Waals surface area contributed by atoms with Gasteiger partial charge >= 0.3 is 29.6 Å². The van der Waals surface area contributed by atoms with Crippen molar-refractivity contribution in [3.8, 4) is 0 Å². The molecule has 1 aliphatic heterocycles. The predicted octanol–water partition coefficient (Wildman–Crippen LogP) is -0.565.